The van der Waals surface area contributed by atoms with Crippen molar-refractivity contribution in [2.75, 3.05) is 0 Å². The summed E-state index contributed by atoms with van der Waals surface area (Å²) in [7, 11) is 0. The average Bonchev–Trinajstić information content (AvgIpc) is 1.77. The lowest BCUT2D eigenvalue weighted by atomic mass is 10.0. The largest absolute Gasteiger partial charge is 0.443 e. The van der Waals surface area contributed by atoms with Crippen LogP contribution in [0, 0.1) is 0 Å². The van der Waals surface area contributed by atoms with Gasteiger partial charge in [-0.2, -0.15) is 26.3 Å². The first-order chi connectivity index (χ1) is 6.21. The van der Waals surface area contributed by atoms with Crippen LogP contribution in [0.5, 0.6) is 0 Å². The maximum Gasteiger partial charge on any atom is 0.443 e. The van der Waals surface area contributed by atoms with E-state index in [2.05, 4.69) is 0 Å². The Bertz CT molecular complexity index is 205. The van der Waals surface area contributed by atoms with Gasteiger partial charge >= 0.3 is 12.4 Å². The quantitative estimate of drug-likeness (QED) is 0.402. The number of halogens is 6. The predicted octanol–water partition coefficient (Wildman–Crippen LogP) is -0.137. The fourth-order valence-corrected chi connectivity index (χ4v) is 0.544. The van der Waals surface area contributed by atoms with Gasteiger partial charge in [0.05, 0.1) is 6.42 Å². The van der Waals surface area contributed by atoms with Crippen molar-refractivity contribution in [3.63, 3.8) is 0 Å². The molecule has 0 saturated carbocycles. The van der Waals surface area contributed by atoms with E-state index in [1.54, 1.807) is 0 Å². The van der Waals surface area contributed by atoms with Gasteiger partial charge in [0.15, 0.2) is 0 Å². The van der Waals surface area contributed by atoms with Gasteiger partial charge in [-0.05, 0) is 0 Å². The van der Waals surface area contributed by atoms with Gasteiger partial charge in [0.1, 0.15) is 0 Å². The third kappa shape index (κ3) is 3.19. The molecule has 0 aromatic heterocycles. The summed E-state index contributed by atoms with van der Waals surface area (Å²) in [6.45, 7) is 0. The van der Waals surface area contributed by atoms with Crippen molar-refractivity contribution in [2.24, 2.45) is 0 Å². The molecule has 0 amide bonds. The van der Waals surface area contributed by atoms with Gasteiger partial charge in [0.2, 0.25) is 0 Å². The zero-order valence-corrected chi connectivity index (χ0v) is 6.76. The van der Waals surface area contributed by atoms with Crippen molar-refractivity contribution >= 4 is 0 Å². The van der Waals surface area contributed by atoms with Crippen molar-refractivity contribution in [1.29, 1.82) is 0 Å². The van der Waals surface area contributed by atoms with Gasteiger partial charge in [-0.25, -0.2) is 0 Å². The molecule has 0 aromatic rings. The van der Waals surface area contributed by atoms with Crippen LogP contribution in [-0.4, -0.2) is 44.4 Å². The van der Waals surface area contributed by atoms with Crippen molar-refractivity contribution in [2.45, 2.75) is 30.3 Å². The van der Waals surface area contributed by atoms with Crippen LogP contribution in [0.15, 0.2) is 0 Å². The minimum absolute atomic E-state index is 2.76. The van der Waals surface area contributed by atoms with Crippen LogP contribution in [0.25, 0.3) is 0 Å². The normalized spacial score (nSPS) is 15.6. The molecule has 0 aliphatic rings. The summed E-state index contributed by atoms with van der Waals surface area (Å²) >= 11 is 0. The van der Waals surface area contributed by atoms with Gasteiger partial charge in [-0.3, -0.25) is 0 Å². The predicted molar refractivity (Wildman–Crippen MR) is 31.1 cm³/mol. The monoisotopic (exact) mass is 244 g/mol. The van der Waals surface area contributed by atoms with Gasteiger partial charge in [-0.1, -0.05) is 0 Å². The topological polar surface area (TPSA) is 80.9 Å². The molecule has 0 spiro atoms. The van der Waals surface area contributed by atoms with E-state index in [1.165, 1.54) is 0 Å². The first kappa shape index (κ1) is 14.4. The fourth-order valence-electron chi connectivity index (χ4n) is 0.544. The molecule has 0 radical (unpaired) electrons. The first-order valence-electron chi connectivity index (χ1n) is 3.24. The lowest BCUT2D eigenvalue weighted by Crippen LogP contribution is -2.56. The van der Waals surface area contributed by atoms with Crippen LogP contribution in [0.2, 0.25) is 0 Å². The molecule has 0 heterocycles. The van der Waals surface area contributed by atoms with E-state index in [4.69, 9.17) is 20.4 Å². The third-order valence-corrected chi connectivity index (χ3v) is 1.40. The molecule has 0 atom stereocenters. The maximum absolute atomic E-state index is 11.7. The van der Waals surface area contributed by atoms with Gasteiger partial charge < -0.3 is 20.4 Å². The molecule has 0 saturated heterocycles. The van der Waals surface area contributed by atoms with E-state index in [1.807, 2.05) is 0 Å². The van der Waals surface area contributed by atoms with Crippen LogP contribution in [-0.2, 0) is 0 Å². The zero-order valence-electron chi connectivity index (χ0n) is 6.76. The lowest BCUT2D eigenvalue weighted by molar-refractivity contribution is -0.415. The standard InChI is InChI=1S/C5H6F6O4/c6-4(7,8)2(12,13)1-3(14,15)5(9,10)11/h12-15H,1H2. The molecule has 4 N–H and O–H groups in total. The number of hydrogen-bond acceptors (Lipinski definition) is 4. The molecule has 0 fully saturated rings. The maximum atomic E-state index is 11.7. The Morgan fingerprint density at radius 2 is 0.800 bits per heavy atom. The Morgan fingerprint density at radius 3 is 0.933 bits per heavy atom. The fraction of sp³-hybridized carbons (Fsp3) is 1.00. The highest BCUT2D eigenvalue weighted by Gasteiger charge is 2.63. The van der Waals surface area contributed by atoms with Crippen molar-refractivity contribution < 1.29 is 46.8 Å². The molecule has 92 valence electrons. The van der Waals surface area contributed by atoms with Crippen molar-refractivity contribution in [1.82, 2.24) is 0 Å². The zero-order chi connectivity index (χ0) is 12.7. The lowest BCUT2D eigenvalue weighted by Gasteiger charge is -2.32. The van der Waals surface area contributed by atoms with E-state index >= 15 is 0 Å². The molecule has 0 rings (SSSR count). The Morgan fingerprint density at radius 1 is 0.600 bits per heavy atom. The number of rotatable bonds is 2. The van der Waals surface area contributed by atoms with Crippen LogP contribution in [0.4, 0.5) is 26.3 Å². The highest BCUT2D eigenvalue weighted by Crippen LogP contribution is 2.39. The second-order valence-electron chi connectivity index (χ2n) is 2.81. The molecule has 15 heavy (non-hydrogen) atoms. The minimum atomic E-state index is -5.84. The van der Waals surface area contributed by atoms with Gasteiger partial charge in [0.25, 0.3) is 11.6 Å². The Labute approximate surface area is 78.4 Å². The van der Waals surface area contributed by atoms with Crippen LogP contribution >= 0.6 is 0 Å². The Hall–Kier alpha value is -0.580. The second-order valence-corrected chi connectivity index (χ2v) is 2.81. The summed E-state index contributed by atoms with van der Waals surface area (Å²) in [5.74, 6) is -9.68. The summed E-state index contributed by atoms with van der Waals surface area (Å²) in [6.07, 6.45) is -14.4. The van der Waals surface area contributed by atoms with Crippen molar-refractivity contribution in [3.05, 3.63) is 0 Å². The Kier molecular flexibility index (Phi) is 3.34. The van der Waals surface area contributed by atoms with E-state index in [0.29, 0.717) is 0 Å². The van der Waals surface area contributed by atoms with E-state index in [-0.39, 0.29) is 0 Å². The minimum Gasteiger partial charge on any atom is -0.358 e. The molecule has 0 unspecified atom stereocenters. The van der Waals surface area contributed by atoms with E-state index in [0.717, 1.165) is 0 Å². The smallest absolute Gasteiger partial charge is 0.358 e. The summed E-state index contributed by atoms with van der Waals surface area (Å²) in [5, 5.41) is 32.6. The molecule has 0 bridgehead atoms. The SMILES string of the molecule is OC(O)(CC(O)(O)C(F)(F)F)C(F)(F)F. The summed E-state index contributed by atoms with van der Waals surface area (Å²) in [6, 6.07) is 0. The molecule has 0 aromatic carbocycles. The van der Waals surface area contributed by atoms with Crippen molar-refractivity contribution in [3.8, 4) is 0 Å². The molecular weight excluding hydrogens is 238 g/mol. The van der Waals surface area contributed by atoms with Crippen LogP contribution in [0.3, 0.4) is 0 Å². The first-order valence-corrected chi connectivity index (χ1v) is 3.24. The van der Waals surface area contributed by atoms with Gasteiger partial charge in [0, 0.05) is 0 Å². The number of alkyl halides is 6. The highest BCUT2D eigenvalue weighted by molar-refractivity contribution is 4.85. The average molecular weight is 244 g/mol. The van der Waals surface area contributed by atoms with Crippen LogP contribution < -0.4 is 0 Å². The summed E-state index contributed by atoms with van der Waals surface area (Å²) < 4.78 is 70.0. The van der Waals surface area contributed by atoms with E-state index < -0.39 is 30.3 Å². The second kappa shape index (κ2) is 3.47. The molecule has 0 aliphatic carbocycles. The summed E-state index contributed by atoms with van der Waals surface area (Å²) in [5.41, 5.74) is 0. The summed E-state index contributed by atoms with van der Waals surface area (Å²) in [4.78, 5) is 0. The molecule has 0 aliphatic heterocycles. The number of aliphatic hydroxyl groups is 4. The highest BCUT2D eigenvalue weighted by atomic mass is 19.4. The van der Waals surface area contributed by atoms with Gasteiger partial charge in [-0.15, -0.1) is 0 Å². The Balaban J connectivity index is 4.89. The van der Waals surface area contributed by atoms with E-state index in [9.17, 15) is 26.3 Å². The number of hydrogen-bond donors (Lipinski definition) is 4. The molecule has 4 nitrogen and oxygen atoms in total. The molecule has 10 heteroatoms. The third-order valence-electron chi connectivity index (χ3n) is 1.40. The molecular formula is C5H6F6O4. The van der Waals surface area contributed by atoms with Crippen LogP contribution in [0.1, 0.15) is 6.42 Å².